The van der Waals surface area contributed by atoms with E-state index in [0.29, 0.717) is 18.1 Å². The third-order valence-corrected chi connectivity index (χ3v) is 9.08. The van der Waals surface area contributed by atoms with Gasteiger partial charge in [0.05, 0.1) is 6.54 Å². The zero-order valence-corrected chi connectivity index (χ0v) is 28.0. The minimum Gasteiger partial charge on any atom is -0.290 e. The third-order valence-electron chi connectivity index (χ3n) is 9.08. The molecule has 0 saturated heterocycles. The molecule has 1 aromatic heterocycles. The highest BCUT2D eigenvalue weighted by Gasteiger charge is 2.42. The van der Waals surface area contributed by atoms with Crippen LogP contribution in [0.5, 0.6) is 0 Å². The van der Waals surface area contributed by atoms with Crippen LogP contribution in [0.15, 0.2) is 156 Å². The second-order valence-corrected chi connectivity index (χ2v) is 12.5. The number of benzene rings is 5. The van der Waals surface area contributed by atoms with Gasteiger partial charge in [-0.1, -0.05) is 146 Å². The Morgan fingerprint density at radius 2 is 1.20 bits per heavy atom. The monoisotopic (exact) mass is 642 g/mol. The van der Waals surface area contributed by atoms with Crippen LogP contribution in [0, 0.1) is 0 Å². The summed E-state index contributed by atoms with van der Waals surface area (Å²) in [5.74, 6) is 1.46. The van der Waals surface area contributed by atoms with Crippen molar-refractivity contribution in [3.05, 3.63) is 173 Å². The largest absolute Gasteiger partial charge is 0.290 e. The van der Waals surface area contributed by atoms with Crippen LogP contribution >= 0.6 is 0 Å². The van der Waals surface area contributed by atoms with Crippen LogP contribution in [0.1, 0.15) is 55.9 Å². The molecule has 1 amide bonds. The minimum atomic E-state index is -0.857. The van der Waals surface area contributed by atoms with E-state index in [1.807, 2.05) is 53.8 Å². The Morgan fingerprint density at radius 3 is 1.73 bits per heavy atom. The second kappa shape index (κ2) is 13.6. The maximum absolute atomic E-state index is 13.3. The Kier molecular flexibility index (Phi) is 8.81. The number of amidine groups is 1. The van der Waals surface area contributed by atoms with Crippen LogP contribution in [0.25, 0.3) is 22.5 Å². The molecule has 0 aliphatic carbocycles. The van der Waals surface area contributed by atoms with Crippen molar-refractivity contribution in [1.82, 2.24) is 25.1 Å². The highest BCUT2D eigenvalue weighted by atomic mass is 16.2. The molecular weight excluding hydrogens is 605 g/mol. The predicted molar refractivity (Wildman–Crippen MR) is 195 cm³/mol. The van der Waals surface area contributed by atoms with Crippen molar-refractivity contribution in [3.8, 4) is 22.5 Å². The lowest BCUT2D eigenvalue weighted by molar-refractivity contribution is -0.123. The number of amides is 1. The molecule has 0 N–H and O–H groups in total. The van der Waals surface area contributed by atoms with Crippen LogP contribution in [-0.2, 0) is 16.9 Å². The number of allylic oxidation sites excluding steroid dienone is 1. The van der Waals surface area contributed by atoms with Crippen molar-refractivity contribution in [2.45, 2.75) is 45.7 Å². The van der Waals surface area contributed by atoms with Gasteiger partial charge in [0.1, 0.15) is 17.1 Å². The first-order chi connectivity index (χ1) is 24.0. The molecule has 1 aliphatic heterocycles. The van der Waals surface area contributed by atoms with Gasteiger partial charge >= 0.3 is 0 Å². The maximum Gasteiger partial charge on any atom is 0.278 e. The number of aromatic nitrogens is 4. The summed E-state index contributed by atoms with van der Waals surface area (Å²) in [5, 5.41) is 13.8. The Bertz CT molecular complexity index is 2030. The van der Waals surface area contributed by atoms with Gasteiger partial charge in [-0.3, -0.25) is 9.69 Å². The number of carbonyl (C=O) groups excluding carboxylic acids is 1. The smallest absolute Gasteiger partial charge is 0.278 e. The molecule has 0 saturated carbocycles. The highest BCUT2D eigenvalue weighted by Crippen LogP contribution is 2.43. The molecule has 0 fully saturated rings. The first-order valence-electron chi connectivity index (χ1n) is 16.7. The summed E-state index contributed by atoms with van der Waals surface area (Å²) in [6.07, 6.45) is 1.69. The average molecular weight is 643 g/mol. The molecule has 49 heavy (non-hydrogen) atoms. The summed E-state index contributed by atoms with van der Waals surface area (Å²) in [7, 11) is 0. The normalized spacial score (nSPS) is 13.1. The van der Waals surface area contributed by atoms with Gasteiger partial charge in [-0.25, -0.2) is 9.67 Å². The molecule has 7 rings (SSSR count). The maximum atomic E-state index is 13.3. The summed E-state index contributed by atoms with van der Waals surface area (Å²) in [4.78, 5) is 19.8. The van der Waals surface area contributed by atoms with Gasteiger partial charge in [0.25, 0.3) is 5.91 Å². The second-order valence-electron chi connectivity index (χ2n) is 12.5. The molecule has 0 unspecified atom stereocenters. The fourth-order valence-corrected chi connectivity index (χ4v) is 6.77. The molecule has 0 spiro atoms. The van der Waals surface area contributed by atoms with Gasteiger partial charge in [0.2, 0.25) is 0 Å². The van der Waals surface area contributed by atoms with Gasteiger partial charge in [-0.05, 0) is 69.6 Å². The molecule has 7 heteroatoms. The van der Waals surface area contributed by atoms with Crippen LogP contribution < -0.4 is 0 Å². The molecule has 242 valence electrons. The van der Waals surface area contributed by atoms with Gasteiger partial charge < -0.3 is 0 Å². The van der Waals surface area contributed by atoms with Crippen molar-refractivity contribution in [1.29, 1.82) is 0 Å². The molecular formula is C42H38N6O. The minimum absolute atomic E-state index is 0.0246. The molecule has 1 aliphatic rings. The van der Waals surface area contributed by atoms with E-state index in [2.05, 4.69) is 126 Å². The third kappa shape index (κ3) is 5.78. The van der Waals surface area contributed by atoms with E-state index in [0.717, 1.165) is 63.2 Å². The fourth-order valence-electron chi connectivity index (χ4n) is 6.77. The van der Waals surface area contributed by atoms with E-state index in [4.69, 9.17) is 10.3 Å². The number of hydrogen-bond acceptors (Lipinski definition) is 5. The zero-order valence-electron chi connectivity index (χ0n) is 28.0. The molecule has 0 atom stereocenters. The number of aliphatic imine (C=N–C) groups is 1. The SMILES string of the molecule is CCCC1=NC(=C(C)C)C(=O)N1Cc1ccc(-c2ccccc2-c2nnnn2C(c2ccccc2)(c2ccccc2)c2ccccc2)cc1. The van der Waals surface area contributed by atoms with E-state index in [1.54, 1.807) is 0 Å². The summed E-state index contributed by atoms with van der Waals surface area (Å²) in [6.45, 7) is 6.46. The molecule has 6 aromatic rings. The first kappa shape index (κ1) is 31.6. The van der Waals surface area contributed by atoms with E-state index >= 15 is 0 Å². The van der Waals surface area contributed by atoms with Crippen molar-refractivity contribution in [3.63, 3.8) is 0 Å². The summed E-state index contributed by atoms with van der Waals surface area (Å²) >= 11 is 0. The number of nitrogens with zero attached hydrogens (tertiary/aromatic N) is 6. The number of rotatable bonds is 10. The Morgan fingerprint density at radius 1 is 0.673 bits per heavy atom. The van der Waals surface area contributed by atoms with Crippen LogP contribution in [-0.4, -0.2) is 36.8 Å². The van der Waals surface area contributed by atoms with Crippen molar-refractivity contribution in [2.24, 2.45) is 4.99 Å². The number of hydrogen-bond donors (Lipinski definition) is 0. The van der Waals surface area contributed by atoms with Crippen molar-refractivity contribution >= 4 is 11.7 Å². The molecule has 7 nitrogen and oxygen atoms in total. The van der Waals surface area contributed by atoms with Gasteiger partial charge in [-0.15, -0.1) is 5.10 Å². The summed E-state index contributed by atoms with van der Waals surface area (Å²) in [6, 6.07) is 47.9. The topological polar surface area (TPSA) is 76.3 Å². The molecule has 0 bridgehead atoms. The van der Waals surface area contributed by atoms with Crippen molar-refractivity contribution in [2.75, 3.05) is 0 Å². The quantitative estimate of drug-likeness (QED) is 0.111. The molecule has 0 radical (unpaired) electrons. The fraction of sp³-hybridized carbons (Fsp3) is 0.167. The molecule has 5 aromatic carbocycles. The van der Waals surface area contributed by atoms with Crippen LogP contribution in [0.4, 0.5) is 0 Å². The van der Waals surface area contributed by atoms with E-state index in [-0.39, 0.29) is 5.91 Å². The first-order valence-corrected chi connectivity index (χ1v) is 16.7. The zero-order chi connectivity index (χ0) is 33.8. The lowest BCUT2D eigenvalue weighted by atomic mass is 9.77. The van der Waals surface area contributed by atoms with Gasteiger partial charge in [-0.2, -0.15) is 0 Å². The molecule has 2 heterocycles. The predicted octanol–water partition coefficient (Wildman–Crippen LogP) is 8.68. The van der Waals surface area contributed by atoms with Crippen LogP contribution in [0.2, 0.25) is 0 Å². The lowest BCUT2D eigenvalue weighted by Gasteiger charge is -2.36. The summed E-state index contributed by atoms with van der Waals surface area (Å²) < 4.78 is 1.97. The number of tetrazole rings is 1. The Hall–Kier alpha value is -5.95. The van der Waals surface area contributed by atoms with Gasteiger partial charge in [0.15, 0.2) is 5.82 Å². The van der Waals surface area contributed by atoms with Crippen LogP contribution in [0.3, 0.4) is 0 Å². The van der Waals surface area contributed by atoms with E-state index in [1.165, 1.54) is 0 Å². The van der Waals surface area contributed by atoms with Gasteiger partial charge in [0, 0.05) is 12.0 Å². The highest BCUT2D eigenvalue weighted by molar-refractivity contribution is 6.12. The van der Waals surface area contributed by atoms with E-state index in [9.17, 15) is 4.79 Å². The standard InChI is InChI=1S/C42H38N6O/c1-4-16-38-43-39(30(2)3)41(49)47(38)29-31-25-27-32(28-26-31)36-23-14-15-24-37(36)40-44-45-46-48(40)42(33-17-8-5-9-18-33,34-19-10-6-11-20-34)35-21-12-7-13-22-35/h5-15,17-28H,4,16,29H2,1-3H3. The average Bonchev–Trinajstić information content (AvgIpc) is 3.76. The van der Waals surface area contributed by atoms with Crippen molar-refractivity contribution < 1.29 is 4.79 Å². The Labute approximate surface area is 287 Å². The number of carbonyl (C=O) groups is 1. The summed E-state index contributed by atoms with van der Waals surface area (Å²) in [5.41, 5.74) is 7.75. The Balaban J connectivity index is 1.32. The van der Waals surface area contributed by atoms with E-state index < -0.39 is 5.54 Å². The lowest BCUT2D eigenvalue weighted by Crippen LogP contribution is -2.39.